The molecule has 2 atom stereocenters. The summed E-state index contributed by atoms with van der Waals surface area (Å²) in [4.78, 5) is 0. The van der Waals surface area contributed by atoms with Crippen LogP contribution in [0.4, 0.5) is 0 Å². The Labute approximate surface area is 403 Å². The SMILES string of the molecule is C[C-]1C2=C3Cc4ccccc4C3=C3C=CCCC3C2(C)C(C)(C)C(C)(C)C1(C)C.Cc1cc(C2(C)C3CC4CC(C3)CC2C4)c[cH-]1.[Cl-].[Cl-].[Zr+2]=[C](c1ccccc1)c1ccccc1. The minimum absolute atomic E-state index is 0. The van der Waals surface area contributed by atoms with Crippen LogP contribution in [0.1, 0.15) is 141 Å². The number of aryl methyl sites for hydroxylation is 1. The number of rotatable bonds is 3. The second-order valence-corrected chi connectivity index (χ2v) is 23.4. The Kier molecular flexibility index (Phi) is 13.3. The molecule has 0 aliphatic heterocycles. The van der Waals surface area contributed by atoms with Gasteiger partial charge in [-0.1, -0.05) is 133 Å². The van der Waals surface area contributed by atoms with E-state index in [1.807, 2.05) is 0 Å². The molecule has 0 nitrogen and oxygen atoms in total. The van der Waals surface area contributed by atoms with Gasteiger partial charge in [-0.05, 0) is 96.3 Å². The molecule has 5 saturated carbocycles. The van der Waals surface area contributed by atoms with Gasteiger partial charge in [0.25, 0.3) is 0 Å². The van der Waals surface area contributed by atoms with Crippen molar-refractivity contribution in [2.45, 2.75) is 126 Å². The molecule has 4 aromatic rings. The molecule has 326 valence electrons. The number of hydrogen-bond acceptors (Lipinski definition) is 0. The fourth-order valence-corrected chi connectivity index (χ4v) is 15.3. The van der Waals surface area contributed by atoms with E-state index in [1.54, 1.807) is 40.2 Å². The summed E-state index contributed by atoms with van der Waals surface area (Å²) in [6, 6.07) is 37.5. The third kappa shape index (κ3) is 7.20. The summed E-state index contributed by atoms with van der Waals surface area (Å²) < 4.78 is 1.42. The Bertz CT molecular complexity index is 2300. The molecule has 0 saturated heterocycles. The topological polar surface area (TPSA) is 0 Å². The predicted molar refractivity (Wildman–Crippen MR) is 252 cm³/mol. The quantitative estimate of drug-likeness (QED) is 0.180. The van der Waals surface area contributed by atoms with Crippen LogP contribution in [0.5, 0.6) is 0 Å². The van der Waals surface area contributed by atoms with Gasteiger partial charge >= 0.3 is 99.2 Å². The molecule has 62 heavy (non-hydrogen) atoms. The van der Waals surface area contributed by atoms with Crippen molar-refractivity contribution in [1.29, 1.82) is 0 Å². The molecule has 12 rings (SSSR count). The number of halogens is 2. The normalized spacial score (nSPS) is 30.8. The number of hydrogen-bond donors (Lipinski definition) is 0. The first kappa shape index (κ1) is 47.4. The van der Waals surface area contributed by atoms with Crippen LogP contribution in [0.3, 0.4) is 0 Å². The second kappa shape index (κ2) is 17.3. The van der Waals surface area contributed by atoms with E-state index in [9.17, 15) is 0 Å². The van der Waals surface area contributed by atoms with Gasteiger partial charge in [-0.15, -0.1) is 6.92 Å². The second-order valence-electron chi connectivity index (χ2n) is 22.1. The van der Waals surface area contributed by atoms with Gasteiger partial charge in [0.05, 0.1) is 0 Å². The molecule has 0 radical (unpaired) electrons. The summed E-state index contributed by atoms with van der Waals surface area (Å²) in [6.45, 7) is 25.1. The van der Waals surface area contributed by atoms with Crippen molar-refractivity contribution < 1.29 is 49.0 Å². The van der Waals surface area contributed by atoms with E-state index in [-0.39, 0.29) is 46.5 Å². The molecular formula is C59H70Cl2Zr-2. The molecule has 0 heterocycles. The van der Waals surface area contributed by atoms with Crippen LogP contribution in [-0.4, -0.2) is 3.21 Å². The van der Waals surface area contributed by atoms with E-state index in [0.717, 1.165) is 30.1 Å². The molecule has 5 fully saturated rings. The van der Waals surface area contributed by atoms with E-state index in [0.29, 0.717) is 11.3 Å². The van der Waals surface area contributed by atoms with Gasteiger partial charge in [0.1, 0.15) is 0 Å². The van der Waals surface area contributed by atoms with Crippen molar-refractivity contribution in [2.24, 2.45) is 51.2 Å². The molecule has 4 aromatic carbocycles. The molecule has 8 aliphatic carbocycles. The van der Waals surface area contributed by atoms with Crippen LogP contribution >= 0.6 is 0 Å². The van der Waals surface area contributed by atoms with Crippen LogP contribution in [0.2, 0.25) is 0 Å². The van der Waals surface area contributed by atoms with Crippen LogP contribution < -0.4 is 24.8 Å². The van der Waals surface area contributed by atoms with Crippen LogP contribution in [0, 0.1) is 64.1 Å². The Balaban J connectivity index is 0.000000149. The van der Waals surface area contributed by atoms with Gasteiger partial charge in [0.15, 0.2) is 0 Å². The van der Waals surface area contributed by atoms with Crippen molar-refractivity contribution in [3.63, 3.8) is 0 Å². The van der Waals surface area contributed by atoms with Crippen LogP contribution in [0.25, 0.3) is 5.57 Å². The molecule has 0 amide bonds. The summed E-state index contributed by atoms with van der Waals surface area (Å²) in [7, 11) is 0. The Morgan fingerprint density at radius 3 is 1.81 bits per heavy atom. The first-order chi connectivity index (χ1) is 28.5. The molecule has 2 unspecified atom stereocenters. The minimum atomic E-state index is 0. The Hall–Kier alpha value is -2.57. The van der Waals surface area contributed by atoms with Gasteiger partial charge in [-0.3, -0.25) is 0 Å². The standard InChI is InChI=1S/C29H37.C17H23.C13H10.2ClH.Zr/c1-18-25-22-17-19-13-9-10-14-20(19)24(22)21-15-11-12-16-23(21)29(25,8)28(6,7)27(4,5)26(18,2)3;1-11-3-4-14(5-11)17(2)15-7-12-6-13(9-15)10-16(17)8-12;1-3-7-12(8-4-1)11-13-9-5-2-6-10-13;;;/h9-11,13-15,23H,12,16-17H2,1-8H3;3-5,12-13,15-16H,6-10H2,1-2H3;1-10H;2*1H;/q2*-1;;;;+2/p-2. The van der Waals surface area contributed by atoms with Crippen molar-refractivity contribution >= 4 is 8.78 Å². The van der Waals surface area contributed by atoms with Crippen molar-refractivity contribution in [1.82, 2.24) is 0 Å². The predicted octanol–water partition coefficient (Wildman–Crippen LogP) is 9.20. The van der Waals surface area contributed by atoms with E-state index < -0.39 is 0 Å². The van der Waals surface area contributed by atoms with Crippen molar-refractivity contribution in [3.05, 3.63) is 171 Å². The number of benzene rings is 3. The maximum absolute atomic E-state index is 2.62. The molecular weight excluding hydrogens is 871 g/mol. The average molecular weight is 941 g/mol. The molecule has 8 aliphatic rings. The van der Waals surface area contributed by atoms with Crippen LogP contribution in [0.15, 0.2) is 132 Å². The summed E-state index contributed by atoms with van der Waals surface area (Å²) in [5.74, 6) is 6.38. The van der Waals surface area contributed by atoms with Gasteiger partial charge in [-0.2, -0.15) is 34.4 Å². The third-order valence-electron chi connectivity index (χ3n) is 19.3. The van der Waals surface area contributed by atoms with E-state index >= 15 is 0 Å². The molecule has 4 bridgehead atoms. The third-order valence-corrected chi connectivity index (χ3v) is 20.7. The first-order valence-corrected chi connectivity index (χ1v) is 24.7. The van der Waals surface area contributed by atoms with E-state index in [2.05, 4.69) is 185 Å². The molecule has 0 N–H and O–H groups in total. The average Bonchev–Trinajstić information content (AvgIpc) is 3.87. The van der Waals surface area contributed by atoms with Gasteiger partial charge in [0.2, 0.25) is 0 Å². The zero-order valence-corrected chi connectivity index (χ0v) is 43.2. The van der Waals surface area contributed by atoms with E-state index in [1.165, 1.54) is 93.8 Å². The number of fused-ring (bicyclic) bond motifs is 6. The summed E-state index contributed by atoms with van der Waals surface area (Å²) in [6.07, 6.45) is 16.1. The monoisotopic (exact) mass is 938 g/mol. The fraction of sp³-hybridized carbons (Fsp3) is 0.475. The summed E-state index contributed by atoms with van der Waals surface area (Å²) in [5.41, 5.74) is 16.6. The van der Waals surface area contributed by atoms with Crippen LogP contribution in [-0.2, 0) is 36.1 Å². The zero-order chi connectivity index (χ0) is 42.4. The Morgan fingerprint density at radius 1 is 0.710 bits per heavy atom. The molecule has 3 heteroatoms. The molecule has 0 aromatic heterocycles. The maximum atomic E-state index is 2.62. The number of allylic oxidation sites excluding steroid dienone is 6. The zero-order valence-electron chi connectivity index (χ0n) is 39.3. The first-order valence-electron chi connectivity index (χ1n) is 23.5. The summed E-state index contributed by atoms with van der Waals surface area (Å²) >= 11 is 1.46. The van der Waals surface area contributed by atoms with Crippen molar-refractivity contribution in [2.75, 3.05) is 0 Å². The van der Waals surface area contributed by atoms with E-state index in [4.69, 9.17) is 0 Å². The van der Waals surface area contributed by atoms with Crippen molar-refractivity contribution in [3.8, 4) is 0 Å². The van der Waals surface area contributed by atoms with Gasteiger partial charge in [-0.25, -0.2) is 12.0 Å². The summed E-state index contributed by atoms with van der Waals surface area (Å²) in [5, 5.41) is 0. The molecule has 0 spiro atoms. The fourth-order valence-electron chi connectivity index (χ4n) is 14.5. The van der Waals surface area contributed by atoms with Gasteiger partial charge < -0.3 is 24.8 Å². The Morgan fingerprint density at radius 2 is 1.26 bits per heavy atom. The van der Waals surface area contributed by atoms with Gasteiger partial charge in [0, 0.05) is 0 Å².